The zero-order valence-corrected chi connectivity index (χ0v) is 14.8. The minimum Gasteiger partial charge on any atom is -0.355 e. The van der Waals surface area contributed by atoms with E-state index in [1.54, 1.807) is 4.68 Å². The fourth-order valence-corrected chi connectivity index (χ4v) is 3.06. The third kappa shape index (κ3) is 3.09. The molecule has 1 aromatic heterocycles. The molecule has 0 atom stereocenters. The van der Waals surface area contributed by atoms with Gasteiger partial charge in [-0.05, 0) is 43.2 Å². The summed E-state index contributed by atoms with van der Waals surface area (Å²) in [4.78, 5) is 0. The molecule has 4 rings (SSSR count). The van der Waals surface area contributed by atoms with Gasteiger partial charge in [-0.25, -0.2) is 4.68 Å². The van der Waals surface area contributed by atoms with Crippen LogP contribution >= 0.6 is 0 Å². The summed E-state index contributed by atoms with van der Waals surface area (Å²) in [6.45, 7) is 4.23. The molecule has 0 aliphatic carbocycles. The fraction of sp³-hybridized carbons (Fsp3) is 0.0909. The van der Waals surface area contributed by atoms with E-state index in [4.69, 9.17) is 0 Å². The average Bonchev–Trinajstić information content (AvgIpc) is 3.16. The number of nitrogens with zero attached hydrogens (tertiary/aromatic N) is 3. The SMILES string of the molecule is Cc1cccc(C)c1Nc1ccccc1-c1cn(-c2ccccc2)nn1. The fourth-order valence-electron chi connectivity index (χ4n) is 3.06. The van der Waals surface area contributed by atoms with Crippen LogP contribution in [0.25, 0.3) is 16.9 Å². The summed E-state index contributed by atoms with van der Waals surface area (Å²) in [5.74, 6) is 0. The summed E-state index contributed by atoms with van der Waals surface area (Å²) < 4.78 is 1.80. The van der Waals surface area contributed by atoms with E-state index in [0.29, 0.717) is 0 Å². The summed E-state index contributed by atoms with van der Waals surface area (Å²) in [5.41, 5.74) is 7.44. The van der Waals surface area contributed by atoms with Crippen LogP contribution in [0, 0.1) is 13.8 Å². The molecule has 0 spiro atoms. The highest BCUT2D eigenvalue weighted by Gasteiger charge is 2.11. The predicted octanol–water partition coefficient (Wildman–Crippen LogP) is 5.29. The second kappa shape index (κ2) is 6.84. The highest BCUT2D eigenvalue weighted by Crippen LogP contribution is 2.31. The van der Waals surface area contributed by atoms with Crippen LogP contribution in [-0.4, -0.2) is 15.0 Å². The highest BCUT2D eigenvalue weighted by atomic mass is 15.4. The lowest BCUT2D eigenvalue weighted by atomic mass is 10.1. The molecule has 26 heavy (non-hydrogen) atoms. The van der Waals surface area contributed by atoms with Gasteiger partial charge in [0.2, 0.25) is 0 Å². The lowest BCUT2D eigenvalue weighted by Gasteiger charge is -2.15. The first-order valence-corrected chi connectivity index (χ1v) is 8.63. The molecule has 0 aliphatic heterocycles. The zero-order chi connectivity index (χ0) is 17.9. The largest absolute Gasteiger partial charge is 0.355 e. The first kappa shape index (κ1) is 16.1. The van der Waals surface area contributed by atoms with Crippen LogP contribution in [0.1, 0.15) is 11.1 Å². The van der Waals surface area contributed by atoms with Crippen molar-refractivity contribution in [3.63, 3.8) is 0 Å². The molecule has 0 aliphatic rings. The number of para-hydroxylation sites is 3. The molecule has 0 unspecified atom stereocenters. The first-order valence-electron chi connectivity index (χ1n) is 8.63. The van der Waals surface area contributed by atoms with E-state index < -0.39 is 0 Å². The van der Waals surface area contributed by atoms with E-state index in [1.165, 1.54) is 11.1 Å². The minimum atomic E-state index is 0.836. The number of anilines is 2. The quantitative estimate of drug-likeness (QED) is 0.548. The highest BCUT2D eigenvalue weighted by molar-refractivity contribution is 5.80. The van der Waals surface area contributed by atoms with Crippen LogP contribution < -0.4 is 5.32 Å². The molecule has 0 saturated carbocycles. The molecule has 128 valence electrons. The monoisotopic (exact) mass is 340 g/mol. The predicted molar refractivity (Wildman–Crippen MR) is 106 cm³/mol. The van der Waals surface area contributed by atoms with Crippen molar-refractivity contribution in [1.29, 1.82) is 0 Å². The number of aryl methyl sites for hydroxylation is 2. The molecule has 0 fully saturated rings. The molecular formula is C22H20N4. The normalized spacial score (nSPS) is 10.7. The third-order valence-corrected chi connectivity index (χ3v) is 4.46. The van der Waals surface area contributed by atoms with Crippen molar-refractivity contribution in [3.8, 4) is 16.9 Å². The molecule has 1 heterocycles. The van der Waals surface area contributed by atoms with Crippen molar-refractivity contribution in [1.82, 2.24) is 15.0 Å². The van der Waals surface area contributed by atoms with Crippen LogP contribution in [0.4, 0.5) is 11.4 Å². The number of rotatable bonds is 4. The number of hydrogen-bond donors (Lipinski definition) is 1. The van der Waals surface area contributed by atoms with Gasteiger partial charge in [-0.3, -0.25) is 0 Å². The van der Waals surface area contributed by atoms with E-state index in [9.17, 15) is 0 Å². The number of benzene rings is 3. The molecule has 4 nitrogen and oxygen atoms in total. The molecular weight excluding hydrogens is 320 g/mol. The summed E-state index contributed by atoms with van der Waals surface area (Å²) in [6.07, 6.45) is 1.96. The number of nitrogens with one attached hydrogen (secondary N) is 1. The van der Waals surface area contributed by atoms with Gasteiger partial charge < -0.3 is 5.32 Å². The molecule has 0 amide bonds. The van der Waals surface area contributed by atoms with E-state index >= 15 is 0 Å². The van der Waals surface area contributed by atoms with Crippen molar-refractivity contribution >= 4 is 11.4 Å². The Morgan fingerprint density at radius 2 is 1.46 bits per heavy atom. The average molecular weight is 340 g/mol. The van der Waals surface area contributed by atoms with Crippen LogP contribution in [0.15, 0.2) is 79.0 Å². The first-order chi connectivity index (χ1) is 12.7. The van der Waals surface area contributed by atoms with Gasteiger partial charge in [0.05, 0.1) is 11.9 Å². The number of aromatic nitrogens is 3. The summed E-state index contributed by atoms with van der Waals surface area (Å²) >= 11 is 0. The van der Waals surface area contributed by atoms with Crippen molar-refractivity contribution in [2.45, 2.75) is 13.8 Å². The maximum absolute atomic E-state index is 4.38. The van der Waals surface area contributed by atoms with Gasteiger partial charge in [0.15, 0.2) is 0 Å². The Morgan fingerprint density at radius 3 is 2.23 bits per heavy atom. The van der Waals surface area contributed by atoms with Gasteiger partial charge in [-0.15, -0.1) is 5.10 Å². The Morgan fingerprint density at radius 1 is 0.769 bits per heavy atom. The van der Waals surface area contributed by atoms with E-state index in [2.05, 4.69) is 59.8 Å². The Labute approximate surface area is 153 Å². The van der Waals surface area contributed by atoms with Crippen LogP contribution in [0.2, 0.25) is 0 Å². The molecule has 1 N–H and O–H groups in total. The molecule has 4 heteroatoms. The maximum atomic E-state index is 4.38. The summed E-state index contributed by atoms with van der Waals surface area (Å²) in [7, 11) is 0. The van der Waals surface area contributed by atoms with Gasteiger partial charge in [0.1, 0.15) is 5.69 Å². The van der Waals surface area contributed by atoms with Gasteiger partial charge in [-0.1, -0.05) is 59.8 Å². The Hall–Kier alpha value is -3.40. The summed E-state index contributed by atoms with van der Waals surface area (Å²) in [6, 6.07) is 24.5. The van der Waals surface area contributed by atoms with E-state index in [-0.39, 0.29) is 0 Å². The summed E-state index contributed by atoms with van der Waals surface area (Å²) in [5, 5.41) is 12.2. The Kier molecular flexibility index (Phi) is 4.23. The second-order valence-corrected chi connectivity index (χ2v) is 6.32. The lowest BCUT2D eigenvalue weighted by Crippen LogP contribution is -1.98. The maximum Gasteiger partial charge on any atom is 0.115 e. The van der Waals surface area contributed by atoms with Crippen molar-refractivity contribution in [2.75, 3.05) is 5.32 Å². The van der Waals surface area contributed by atoms with Crippen LogP contribution in [0.5, 0.6) is 0 Å². The Balaban J connectivity index is 1.72. The van der Waals surface area contributed by atoms with Gasteiger partial charge in [0.25, 0.3) is 0 Å². The minimum absolute atomic E-state index is 0.836. The van der Waals surface area contributed by atoms with Crippen molar-refractivity contribution < 1.29 is 0 Å². The van der Waals surface area contributed by atoms with E-state index in [1.807, 2.05) is 48.7 Å². The van der Waals surface area contributed by atoms with Gasteiger partial charge >= 0.3 is 0 Å². The zero-order valence-electron chi connectivity index (χ0n) is 14.8. The molecule has 4 aromatic rings. The third-order valence-electron chi connectivity index (χ3n) is 4.46. The lowest BCUT2D eigenvalue weighted by molar-refractivity contribution is 0.804. The smallest absolute Gasteiger partial charge is 0.115 e. The standard InChI is InChI=1S/C22H20N4/c1-16-9-8-10-17(2)22(16)23-20-14-7-6-13-19(20)21-15-26(25-24-21)18-11-4-3-5-12-18/h3-15,23H,1-2H3. The van der Waals surface area contributed by atoms with Gasteiger partial charge in [-0.2, -0.15) is 0 Å². The van der Waals surface area contributed by atoms with Crippen LogP contribution in [-0.2, 0) is 0 Å². The second-order valence-electron chi connectivity index (χ2n) is 6.32. The topological polar surface area (TPSA) is 42.7 Å². The molecule has 3 aromatic carbocycles. The van der Waals surface area contributed by atoms with Crippen molar-refractivity contribution in [3.05, 3.63) is 90.1 Å². The van der Waals surface area contributed by atoms with E-state index in [0.717, 1.165) is 28.3 Å². The molecule has 0 saturated heterocycles. The van der Waals surface area contributed by atoms with Gasteiger partial charge in [0, 0.05) is 16.9 Å². The Bertz CT molecular complexity index is 1010. The molecule has 0 bridgehead atoms. The van der Waals surface area contributed by atoms with Crippen molar-refractivity contribution in [2.24, 2.45) is 0 Å². The van der Waals surface area contributed by atoms with Crippen LogP contribution in [0.3, 0.4) is 0 Å². The molecule has 0 radical (unpaired) electrons. The number of hydrogen-bond acceptors (Lipinski definition) is 3.